The van der Waals surface area contributed by atoms with Gasteiger partial charge in [-0.2, -0.15) is 10.1 Å². The third-order valence-electron chi connectivity index (χ3n) is 4.80. The van der Waals surface area contributed by atoms with Crippen LogP contribution in [0.1, 0.15) is 5.56 Å². The van der Waals surface area contributed by atoms with E-state index in [2.05, 4.69) is 36.1 Å². The largest absolute Gasteiger partial charge is 0.506 e. The molecule has 13 heteroatoms. The van der Waals surface area contributed by atoms with Crippen molar-refractivity contribution in [2.45, 2.75) is 6.54 Å². The quantitative estimate of drug-likeness (QED) is 0.348. The molecule has 0 amide bonds. The molecule has 2 aromatic carbocycles. The number of halogens is 4. The average molecular weight is 573 g/mol. The van der Waals surface area contributed by atoms with Gasteiger partial charge in [-0.1, -0.05) is 39.1 Å². The third kappa shape index (κ3) is 5.49. The van der Waals surface area contributed by atoms with Crippen LogP contribution in [0, 0.1) is 5.82 Å². The van der Waals surface area contributed by atoms with Gasteiger partial charge in [0.2, 0.25) is 0 Å². The predicted octanol–water partition coefficient (Wildman–Crippen LogP) is 6.01. The van der Waals surface area contributed by atoms with Gasteiger partial charge in [-0.05, 0) is 24.3 Å². The van der Waals surface area contributed by atoms with Crippen LogP contribution in [0.15, 0.2) is 45.2 Å². The number of rotatable bonds is 6. The highest BCUT2D eigenvalue weighted by Crippen LogP contribution is 2.43. The summed E-state index contributed by atoms with van der Waals surface area (Å²) < 4.78 is 25.6. The smallest absolute Gasteiger partial charge is 0.270 e. The first-order chi connectivity index (χ1) is 16.3. The summed E-state index contributed by atoms with van der Waals surface area (Å²) in [7, 11) is 0. The van der Waals surface area contributed by atoms with E-state index in [1.54, 1.807) is 4.90 Å². The second-order valence-electron chi connectivity index (χ2n) is 7.06. The molecule has 0 saturated carbocycles. The fourth-order valence-electron chi connectivity index (χ4n) is 3.10. The minimum Gasteiger partial charge on any atom is -0.506 e. The van der Waals surface area contributed by atoms with Gasteiger partial charge >= 0.3 is 0 Å². The van der Waals surface area contributed by atoms with Crippen molar-refractivity contribution in [3.05, 3.63) is 56.4 Å². The zero-order valence-corrected chi connectivity index (χ0v) is 20.5. The Morgan fingerprint density at radius 2 is 1.91 bits per heavy atom. The Morgan fingerprint density at radius 3 is 2.68 bits per heavy atom. The Bertz CT molecular complexity index is 1240. The summed E-state index contributed by atoms with van der Waals surface area (Å²) in [6, 6.07) is 6.05. The molecule has 1 aliphatic heterocycles. The number of aromatic hydroxyl groups is 2. The minimum atomic E-state index is -0.557. The molecule has 2 heterocycles. The molecule has 1 fully saturated rings. The highest BCUT2D eigenvalue weighted by molar-refractivity contribution is 9.10. The monoisotopic (exact) mass is 571 g/mol. The van der Waals surface area contributed by atoms with Crippen LogP contribution >= 0.6 is 39.1 Å². The van der Waals surface area contributed by atoms with Crippen LogP contribution in [0.4, 0.5) is 16.2 Å². The fraction of sp³-hybridized carbons (Fsp3) is 0.238. The Labute approximate surface area is 211 Å². The zero-order chi connectivity index (χ0) is 24.2. The van der Waals surface area contributed by atoms with E-state index in [9.17, 15) is 14.6 Å². The van der Waals surface area contributed by atoms with Crippen molar-refractivity contribution in [1.29, 1.82) is 0 Å². The van der Waals surface area contributed by atoms with E-state index in [0.717, 1.165) is 6.20 Å². The van der Waals surface area contributed by atoms with Gasteiger partial charge in [-0.3, -0.25) is 0 Å². The highest BCUT2D eigenvalue weighted by atomic mass is 79.9. The number of phenolic OH excluding ortho intramolecular Hbond substituents is 2. The summed E-state index contributed by atoms with van der Waals surface area (Å²) >= 11 is 15.5. The number of hydrogen-bond acceptors (Lipinski definition) is 9. The molecule has 1 aliphatic rings. The molecule has 0 unspecified atom stereocenters. The van der Waals surface area contributed by atoms with Crippen molar-refractivity contribution in [2.24, 2.45) is 10.2 Å². The summed E-state index contributed by atoms with van der Waals surface area (Å²) in [4.78, 5) is 9.71. The number of azo groups is 1. The van der Waals surface area contributed by atoms with E-state index < -0.39 is 5.82 Å². The van der Waals surface area contributed by atoms with Gasteiger partial charge in [0.25, 0.3) is 5.95 Å². The number of hydrogen-bond donors (Lipinski definition) is 2. The lowest BCUT2D eigenvalue weighted by Crippen LogP contribution is -2.37. The van der Waals surface area contributed by atoms with Crippen molar-refractivity contribution >= 4 is 50.9 Å². The molecule has 0 radical (unpaired) electrons. The molecule has 178 valence electrons. The lowest BCUT2D eigenvalue weighted by Gasteiger charge is -2.27. The summed E-state index contributed by atoms with van der Waals surface area (Å²) in [5.41, 5.74) is 0.355. The van der Waals surface area contributed by atoms with Crippen LogP contribution < -0.4 is 9.64 Å². The Hall–Kier alpha value is -2.73. The molecule has 0 spiro atoms. The van der Waals surface area contributed by atoms with Crippen molar-refractivity contribution < 1.29 is 24.1 Å². The van der Waals surface area contributed by atoms with Crippen LogP contribution in [0.25, 0.3) is 0 Å². The number of morpholine rings is 1. The van der Waals surface area contributed by atoms with E-state index in [4.69, 9.17) is 32.7 Å². The van der Waals surface area contributed by atoms with E-state index in [0.29, 0.717) is 36.3 Å². The maximum atomic E-state index is 14.1. The van der Waals surface area contributed by atoms with Gasteiger partial charge in [-0.15, -0.1) is 5.11 Å². The lowest BCUT2D eigenvalue weighted by atomic mass is 10.2. The summed E-state index contributed by atoms with van der Waals surface area (Å²) in [6.07, 6.45) is 1.04. The van der Waals surface area contributed by atoms with Gasteiger partial charge in [-0.25, -0.2) is 9.37 Å². The fourth-order valence-corrected chi connectivity index (χ4v) is 4.10. The van der Waals surface area contributed by atoms with Gasteiger partial charge in [0, 0.05) is 23.1 Å². The summed E-state index contributed by atoms with van der Waals surface area (Å²) in [5.74, 6) is -0.828. The molecule has 2 N–H and O–H groups in total. The number of anilines is 1. The zero-order valence-electron chi connectivity index (χ0n) is 17.4. The highest BCUT2D eigenvalue weighted by Gasteiger charge is 2.18. The molecule has 0 bridgehead atoms. The van der Waals surface area contributed by atoms with Gasteiger partial charge in [0.15, 0.2) is 23.1 Å². The number of nitrogens with zero attached hydrogens (tertiary/aromatic N) is 5. The number of phenols is 2. The maximum absolute atomic E-state index is 14.1. The molecule has 1 saturated heterocycles. The second-order valence-corrected chi connectivity index (χ2v) is 8.76. The van der Waals surface area contributed by atoms with Crippen molar-refractivity contribution in [1.82, 2.24) is 9.97 Å². The molecule has 34 heavy (non-hydrogen) atoms. The second kappa shape index (κ2) is 10.7. The maximum Gasteiger partial charge on any atom is 0.270 e. The van der Waals surface area contributed by atoms with E-state index in [1.807, 2.05) is 0 Å². The lowest BCUT2D eigenvalue weighted by molar-refractivity contribution is 0.122. The molecular formula is C21H17BrCl2FN5O4. The number of aromatic nitrogens is 2. The average Bonchev–Trinajstić information content (AvgIpc) is 2.83. The molecule has 0 atom stereocenters. The van der Waals surface area contributed by atoms with Crippen LogP contribution in [0.3, 0.4) is 0 Å². The van der Waals surface area contributed by atoms with E-state index in [-0.39, 0.29) is 51.4 Å². The molecule has 3 aromatic rings. The van der Waals surface area contributed by atoms with Crippen LogP contribution in [0.2, 0.25) is 10.0 Å². The topological polar surface area (TPSA) is 113 Å². The number of benzene rings is 2. The predicted molar refractivity (Wildman–Crippen MR) is 127 cm³/mol. The van der Waals surface area contributed by atoms with Crippen molar-refractivity contribution in [3.8, 4) is 23.0 Å². The summed E-state index contributed by atoms with van der Waals surface area (Å²) in [5, 5.41) is 28.5. The molecule has 9 nitrogen and oxygen atoms in total. The van der Waals surface area contributed by atoms with E-state index >= 15 is 0 Å². The first-order valence-electron chi connectivity index (χ1n) is 9.92. The standard InChI is InChI=1S/C21H17BrCl2FN5O4/c22-12-7-13(23)19(32)16(8-12)34-15-2-1-11(18(31)17(15)24)9-27-29-21-26-10-14(25)20(28-21)30-3-5-33-6-4-30/h1-2,7-8,10,31-32H,3-6,9H2. The Balaban J connectivity index is 1.48. The van der Waals surface area contributed by atoms with Crippen LogP contribution in [-0.4, -0.2) is 46.5 Å². The van der Waals surface area contributed by atoms with Crippen molar-refractivity contribution in [3.63, 3.8) is 0 Å². The number of ether oxygens (including phenoxy) is 2. The minimum absolute atomic E-state index is 0.0181. The van der Waals surface area contributed by atoms with Gasteiger partial charge in [0.1, 0.15) is 16.5 Å². The van der Waals surface area contributed by atoms with E-state index in [1.165, 1.54) is 24.3 Å². The first-order valence-corrected chi connectivity index (χ1v) is 11.5. The molecule has 4 rings (SSSR count). The SMILES string of the molecule is Oc1c(Cl)cc(Br)cc1Oc1ccc(CN=Nc2ncc(F)c(N3CCOCC3)n2)c(O)c1Cl. The van der Waals surface area contributed by atoms with Crippen LogP contribution in [-0.2, 0) is 11.3 Å². The third-order valence-corrected chi connectivity index (χ3v) is 5.91. The Morgan fingerprint density at radius 1 is 1.15 bits per heavy atom. The normalized spacial score (nSPS) is 14.1. The molecule has 1 aromatic heterocycles. The van der Waals surface area contributed by atoms with Gasteiger partial charge in [0.05, 0.1) is 31.0 Å². The van der Waals surface area contributed by atoms with Crippen molar-refractivity contribution in [2.75, 3.05) is 31.2 Å². The molecular weight excluding hydrogens is 556 g/mol. The first kappa shape index (κ1) is 24.4. The van der Waals surface area contributed by atoms with Crippen LogP contribution in [0.5, 0.6) is 23.0 Å². The van der Waals surface area contributed by atoms with Gasteiger partial charge < -0.3 is 24.6 Å². The Kier molecular flexibility index (Phi) is 7.67. The molecule has 0 aliphatic carbocycles. The summed E-state index contributed by atoms with van der Waals surface area (Å²) in [6.45, 7) is 1.93.